The topological polar surface area (TPSA) is 55.4 Å². The largest absolute Gasteiger partial charge is 0.378 e. The van der Waals surface area contributed by atoms with Crippen LogP contribution in [0, 0.1) is 0 Å². The van der Waals surface area contributed by atoms with E-state index in [2.05, 4.69) is 12.2 Å². The standard InChI is InChI=1S/C12H17NO3S/c1-9(13-11-7-16-8-11)10-3-5-12(6-4-10)17(2,14)15/h3-6,9,11,13H,7-8H2,1-2H3. The average molecular weight is 255 g/mol. The van der Waals surface area contributed by atoms with Crippen LogP contribution >= 0.6 is 0 Å². The van der Waals surface area contributed by atoms with E-state index in [-0.39, 0.29) is 6.04 Å². The number of benzene rings is 1. The first kappa shape index (κ1) is 12.5. The third-order valence-electron chi connectivity index (χ3n) is 2.93. The second-order valence-electron chi connectivity index (χ2n) is 4.46. The average Bonchev–Trinajstić information content (AvgIpc) is 2.22. The highest BCUT2D eigenvalue weighted by atomic mass is 32.2. The van der Waals surface area contributed by atoms with E-state index < -0.39 is 9.84 Å². The van der Waals surface area contributed by atoms with Crippen molar-refractivity contribution in [3.8, 4) is 0 Å². The highest BCUT2D eigenvalue weighted by molar-refractivity contribution is 7.90. The maximum atomic E-state index is 11.3. The normalized spacial score (nSPS) is 18.7. The van der Waals surface area contributed by atoms with E-state index in [1.54, 1.807) is 12.1 Å². The molecule has 1 unspecified atom stereocenters. The molecule has 1 aromatic rings. The fraction of sp³-hybridized carbons (Fsp3) is 0.500. The van der Waals surface area contributed by atoms with Gasteiger partial charge in [0.05, 0.1) is 24.2 Å². The summed E-state index contributed by atoms with van der Waals surface area (Å²) in [5, 5.41) is 3.42. The van der Waals surface area contributed by atoms with E-state index in [0.29, 0.717) is 10.9 Å². The summed E-state index contributed by atoms with van der Waals surface area (Å²) in [4.78, 5) is 0.362. The fourth-order valence-corrected chi connectivity index (χ4v) is 2.42. The van der Waals surface area contributed by atoms with Crippen molar-refractivity contribution in [1.29, 1.82) is 0 Å². The molecular formula is C12H17NO3S. The molecule has 1 aliphatic rings. The summed E-state index contributed by atoms with van der Waals surface area (Å²) in [6.07, 6.45) is 1.22. The Morgan fingerprint density at radius 1 is 1.29 bits per heavy atom. The number of hydrogen-bond donors (Lipinski definition) is 1. The number of hydrogen-bond acceptors (Lipinski definition) is 4. The third-order valence-corrected chi connectivity index (χ3v) is 4.06. The minimum absolute atomic E-state index is 0.206. The molecule has 0 spiro atoms. The lowest BCUT2D eigenvalue weighted by Gasteiger charge is -2.30. The summed E-state index contributed by atoms with van der Waals surface area (Å²) in [7, 11) is -3.10. The smallest absolute Gasteiger partial charge is 0.175 e. The van der Waals surface area contributed by atoms with E-state index in [4.69, 9.17) is 4.74 Å². The van der Waals surface area contributed by atoms with Crippen molar-refractivity contribution in [3.63, 3.8) is 0 Å². The van der Waals surface area contributed by atoms with Gasteiger partial charge in [0.15, 0.2) is 9.84 Å². The molecule has 1 aliphatic heterocycles. The van der Waals surface area contributed by atoms with E-state index in [9.17, 15) is 8.42 Å². The lowest BCUT2D eigenvalue weighted by atomic mass is 10.1. The molecule has 94 valence electrons. The summed E-state index contributed by atoms with van der Waals surface area (Å²) in [6, 6.07) is 7.64. The Labute approximate surface area is 102 Å². The summed E-state index contributed by atoms with van der Waals surface area (Å²) in [6.45, 7) is 3.57. The number of rotatable bonds is 4. The predicted molar refractivity (Wildman–Crippen MR) is 65.7 cm³/mol. The minimum atomic E-state index is -3.10. The molecule has 0 amide bonds. The van der Waals surface area contributed by atoms with Gasteiger partial charge in [-0.25, -0.2) is 8.42 Å². The molecule has 2 rings (SSSR count). The Morgan fingerprint density at radius 3 is 2.29 bits per heavy atom. The highest BCUT2D eigenvalue weighted by Crippen LogP contribution is 2.17. The fourth-order valence-electron chi connectivity index (χ4n) is 1.79. The van der Waals surface area contributed by atoms with Crippen LogP contribution in [0.15, 0.2) is 29.2 Å². The quantitative estimate of drug-likeness (QED) is 0.876. The molecule has 1 N–H and O–H groups in total. The first-order chi connectivity index (χ1) is 7.97. The van der Waals surface area contributed by atoms with Gasteiger partial charge in [-0.15, -0.1) is 0 Å². The van der Waals surface area contributed by atoms with Crippen LogP contribution in [-0.4, -0.2) is 33.9 Å². The van der Waals surface area contributed by atoms with Crippen molar-refractivity contribution in [2.24, 2.45) is 0 Å². The van der Waals surface area contributed by atoms with Gasteiger partial charge in [-0.3, -0.25) is 0 Å². The molecule has 0 aromatic heterocycles. The zero-order valence-electron chi connectivity index (χ0n) is 10.0. The molecule has 1 aromatic carbocycles. The molecule has 1 heterocycles. The third kappa shape index (κ3) is 3.06. The van der Waals surface area contributed by atoms with Crippen LogP contribution in [-0.2, 0) is 14.6 Å². The van der Waals surface area contributed by atoms with Gasteiger partial charge in [0.1, 0.15) is 0 Å². The SMILES string of the molecule is CC(NC1COC1)c1ccc(S(C)(=O)=O)cc1. The molecule has 0 aliphatic carbocycles. The molecule has 4 nitrogen and oxygen atoms in total. The van der Waals surface area contributed by atoms with Gasteiger partial charge in [0.2, 0.25) is 0 Å². The van der Waals surface area contributed by atoms with Crippen molar-refractivity contribution in [3.05, 3.63) is 29.8 Å². The number of nitrogens with one attached hydrogen (secondary N) is 1. The van der Waals surface area contributed by atoms with Crippen LogP contribution in [0.3, 0.4) is 0 Å². The lowest BCUT2D eigenvalue weighted by Crippen LogP contribution is -2.46. The number of ether oxygens (including phenoxy) is 1. The second-order valence-corrected chi connectivity index (χ2v) is 6.48. The van der Waals surface area contributed by atoms with Crippen molar-refractivity contribution in [1.82, 2.24) is 5.32 Å². The molecule has 1 saturated heterocycles. The molecular weight excluding hydrogens is 238 g/mol. The van der Waals surface area contributed by atoms with Gasteiger partial charge in [0, 0.05) is 12.3 Å². The molecule has 0 bridgehead atoms. The van der Waals surface area contributed by atoms with Crippen LogP contribution in [0.25, 0.3) is 0 Å². The molecule has 0 saturated carbocycles. The Balaban J connectivity index is 2.06. The van der Waals surface area contributed by atoms with Gasteiger partial charge >= 0.3 is 0 Å². The summed E-state index contributed by atoms with van der Waals surface area (Å²) >= 11 is 0. The summed E-state index contributed by atoms with van der Waals surface area (Å²) in [5.41, 5.74) is 1.09. The van der Waals surface area contributed by atoms with Gasteiger partial charge in [-0.2, -0.15) is 0 Å². The van der Waals surface area contributed by atoms with Crippen molar-refractivity contribution in [2.45, 2.75) is 23.9 Å². The maximum Gasteiger partial charge on any atom is 0.175 e. The second kappa shape index (κ2) is 4.76. The van der Waals surface area contributed by atoms with Crippen LogP contribution < -0.4 is 5.32 Å². The van der Waals surface area contributed by atoms with Crippen molar-refractivity contribution in [2.75, 3.05) is 19.5 Å². The molecule has 5 heteroatoms. The van der Waals surface area contributed by atoms with Crippen LogP contribution in [0.2, 0.25) is 0 Å². The molecule has 17 heavy (non-hydrogen) atoms. The van der Waals surface area contributed by atoms with Gasteiger partial charge in [-0.05, 0) is 24.6 Å². The minimum Gasteiger partial charge on any atom is -0.378 e. The van der Waals surface area contributed by atoms with E-state index in [0.717, 1.165) is 18.8 Å². The van der Waals surface area contributed by atoms with Gasteiger partial charge in [-0.1, -0.05) is 12.1 Å². The van der Waals surface area contributed by atoms with Crippen LogP contribution in [0.4, 0.5) is 0 Å². The van der Waals surface area contributed by atoms with Crippen LogP contribution in [0.1, 0.15) is 18.5 Å². The monoisotopic (exact) mass is 255 g/mol. The Hall–Kier alpha value is -0.910. The highest BCUT2D eigenvalue weighted by Gasteiger charge is 2.20. The maximum absolute atomic E-state index is 11.3. The van der Waals surface area contributed by atoms with Crippen molar-refractivity contribution >= 4 is 9.84 Å². The number of sulfone groups is 1. The zero-order valence-corrected chi connectivity index (χ0v) is 10.8. The zero-order chi connectivity index (χ0) is 12.5. The molecule has 1 atom stereocenters. The first-order valence-corrected chi connectivity index (χ1v) is 7.50. The van der Waals surface area contributed by atoms with Crippen LogP contribution in [0.5, 0.6) is 0 Å². The molecule has 0 radical (unpaired) electrons. The molecule has 1 fully saturated rings. The van der Waals surface area contributed by atoms with E-state index in [1.165, 1.54) is 6.26 Å². The Kier molecular flexibility index (Phi) is 3.51. The van der Waals surface area contributed by atoms with Crippen molar-refractivity contribution < 1.29 is 13.2 Å². The lowest BCUT2D eigenvalue weighted by molar-refractivity contribution is -0.00925. The summed E-state index contributed by atoms with van der Waals surface area (Å²) in [5.74, 6) is 0. The predicted octanol–water partition coefficient (Wildman–Crippen LogP) is 1.14. The van der Waals surface area contributed by atoms with E-state index in [1.807, 2.05) is 12.1 Å². The summed E-state index contributed by atoms with van der Waals surface area (Å²) < 4.78 is 27.7. The van der Waals surface area contributed by atoms with Gasteiger partial charge in [0.25, 0.3) is 0 Å². The first-order valence-electron chi connectivity index (χ1n) is 5.60. The van der Waals surface area contributed by atoms with Gasteiger partial charge < -0.3 is 10.1 Å². The van der Waals surface area contributed by atoms with E-state index >= 15 is 0 Å². The Morgan fingerprint density at radius 2 is 1.88 bits per heavy atom. The Bertz CT molecular complexity index is 477.